The highest BCUT2D eigenvalue weighted by Crippen LogP contribution is 2.23. The Labute approximate surface area is 177 Å². The zero-order valence-corrected chi connectivity index (χ0v) is 17.6. The highest BCUT2D eigenvalue weighted by Gasteiger charge is 2.27. The van der Waals surface area contributed by atoms with E-state index >= 15 is 0 Å². The van der Waals surface area contributed by atoms with Crippen LogP contribution in [0, 0.1) is 0 Å². The van der Waals surface area contributed by atoms with Crippen molar-refractivity contribution in [1.29, 1.82) is 0 Å². The molecule has 0 aliphatic carbocycles. The lowest BCUT2D eigenvalue weighted by Crippen LogP contribution is -2.42. The molecule has 30 heavy (non-hydrogen) atoms. The molecule has 4 rings (SSSR count). The van der Waals surface area contributed by atoms with Gasteiger partial charge in [0.1, 0.15) is 6.54 Å². The minimum Gasteiger partial charge on any atom is -0.348 e. The number of likely N-dealkylation sites (N-methyl/N-ethyl adjacent to an activating group) is 1. The molecule has 7 heteroatoms. The summed E-state index contributed by atoms with van der Waals surface area (Å²) in [5, 5.41) is 3.54. The Bertz CT molecular complexity index is 945. The number of amides is 2. The maximum absolute atomic E-state index is 12.9. The van der Waals surface area contributed by atoms with E-state index < -0.39 is 11.7 Å². The largest absolute Gasteiger partial charge is 0.348 e. The first-order valence-electron chi connectivity index (χ1n) is 11.0. The molecule has 1 aromatic heterocycles. The number of likely N-dealkylation sites (tertiary alicyclic amines) is 2. The van der Waals surface area contributed by atoms with E-state index in [0.29, 0.717) is 23.5 Å². The Balaban J connectivity index is 1.49. The number of carbonyl (C=O) groups excluding carboxylic acids is 3. The summed E-state index contributed by atoms with van der Waals surface area (Å²) in [7, 11) is 0. The molecule has 0 saturated carbocycles. The third-order valence-corrected chi connectivity index (χ3v) is 6.41. The molecular formula is C23H30N4O3. The average Bonchev–Trinajstić information content (AvgIpc) is 3.51. The van der Waals surface area contributed by atoms with Gasteiger partial charge in [-0.15, -0.1) is 0 Å². The third-order valence-electron chi connectivity index (χ3n) is 6.41. The number of para-hydroxylation sites is 1. The van der Waals surface area contributed by atoms with E-state index in [-0.39, 0.29) is 12.5 Å². The number of aromatic nitrogens is 1. The van der Waals surface area contributed by atoms with Crippen LogP contribution in [0.2, 0.25) is 0 Å². The maximum Gasteiger partial charge on any atom is 0.292 e. The van der Waals surface area contributed by atoms with Gasteiger partial charge in [0.15, 0.2) is 0 Å². The monoisotopic (exact) mass is 410 g/mol. The fourth-order valence-corrected chi connectivity index (χ4v) is 4.73. The van der Waals surface area contributed by atoms with Crippen LogP contribution in [0.4, 0.5) is 0 Å². The summed E-state index contributed by atoms with van der Waals surface area (Å²) in [6, 6.07) is 7.75. The van der Waals surface area contributed by atoms with Gasteiger partial charge in [0.05, 0.1) is 5.56 Å². The van der Waals surface area contributed by atoms with Crippen LogP contribution in [0.3, 0.4) is 0 Å². The molecule has 0 spiro atoms. The molecule has 1 aromatic carbocycles. The Morgan fingerprint density at radius 1 is 1.07 bits per heavy atom. The second kappa shape index (κ2) is 9.00. The van der Waals surface area contributed by atoms with Gasteiger partial charge in [0.2, 0.25) is 5.91 Å². The van der Waals surface area contributed by atoms with Gasteiger partial charge < -0.3 is 14.8 Å². The molecule has 2 aromatic rings. The van der Waals surface area contributed by atoms with E-state index in [0.717, 1.165) is 57.4 Å². The summed E-state index contributed by atoms with van der Waals surface area (Å²) in [5.74, 6) is -1.07. The van der Waals surface area contributed by atoms with E-state index in [4.69, 9.17) is 0 Å². The second-order valence-electron chi connectivity index (χ2n) is 8.24. The number of fused-ring (bicyclic) bond motifs is 1. The Morgan fingerprint density at radius 2 is 1.83 bits per heavy atom. The fourth-order valence-electron chi connectivity index (χ4n) is 4.73. The van der Waals surface area contributed by atoms with Crippen LogP contribution in [0.1, 0.15) is 43.0 Å². The second-order valence-corrected chi connectivity index (χ2v) is 8.24. The normalized spacial score (nSPS) is 19.5. The first-order valence-corrected chi connectivity index (χ1v) is 11.0. The van der Waals surface area contributed by atoms with E-state index in [1.807, 2.05) is 29.2 Å². The van der Waals surface area contributed by atoms with Crippen molar-refractivity contribution >= 4 is 28.5 Å². The quantitative estimate of drug-likeness (QED) is 0.560. The van der Waals surface area contributed by atoms with Crippen molar-refractivity contribution in [2.75, 3.05) is 32.7 Å². The highest BCUT2D eigenvalue weighted by molar-refractivity contribution is 6.45. The summed E-state index contributed by atoms with van der Waals surface area (Å²) >= 11 is 0. The number of rotatable bonds is 7. The van der Waals surface area contributed by atoms with E-state index in [9.17, 15) is 14.4 Å². The first kappa shape index (κ1) is 20.6. The molecule has 0 bridgehead atoms. The number of nitrogens with one attached hydrogen (secondary N) is 1. The Kier molecular flexibility index (Phi) is 6.18. The van der Waals surface area contributed by atoms with Crippen LogP contribution < -0.4 is 5.32 Å². The van der Waals surface area contributed by atoms with Gasteiger partial charge in [0, 0.05) is 42.8 Å². The lowest BCUT2D eigenvalue weighted by molar-refractivity contribution is -0.130. The Morgan fingerprint density at radius 3 is 2.60 bits per heavy atom. The standard InChI is InChI=1S/C23H30N4O3/c1-2-25-13-7-8-17(25)14-24-23(30)22(29)19-15-27(20-10-4-3-9-18(19)20)16-21(28)26-11-5-6-12-26/h3-4,9-10,15,17H,2,5-8,11-14,16H2,1H3,(H,24,30). The summed E-state index contributed by atoms with van der Waals surface area (Å²) in [6.45, 7) is 6.37. The van der Waals surface area contributed by atoms with E-state index in [2.05, 4.69) is 17.1 Å². The van der Waals surface area contributed by atoms with Gasteiger partial charge in [0.25, 0.3) is 11.7 Å². The number of Topliss-reactive ketones (excluding diaryl/α,β-unsaturated/α-hetero) is 1. The van der Waals surface area contributed by atoms with Crippen molar-refractivity contribution in [1.82, 2.24) is 19.7 Å². The molecule has 1 atom stereocenters. The molecule has 7 nitrogen and oxygen atoms in total. The number of carbonyl (C=O) groups is 3. The fraction of sp³-hybridized carbons (Fsp3) is 0.522. The first-order chi connectivity index (χ1) is 14.6. The molecule has 160 valence electrons. The molecule has 1 N–H and O–H groups in total. The number of nitrogens with zero attached hydrogens (tertiary/aromatic N) is 3. The molecule has 2 amide bonds. The van der Waals surface area contributed by atoms with Crippen LogP contribution in [-0.2, 0) is 16.1 Å². The van der Waals surface area contributed by atoms with Gasteiger partial charge in [-0.3, -0.25) is 19.3 Å². The molecule has 0 radical (unpaired) electrons. The minimum absolute atomic E-state index is 0.0533. The zero-order valence-electron chi connectivity index (χ0n) is 17.6. The van der Waals surface area contributed by atoms with Crippen LogP contribution in [0.5, 0.6) is 0 Å². The van der Waals surface area contributed by atoms with Crippen molar-refractivity contribution in [3.8, 4) is 0 Å². The van der Waals surface area contributed by atoms with Gasteiger partial charge in [-0.2, -0.15) is 0 Å². The zero-order chi connectivity index (χ0) is 21.1. The summed E-state index contributed by atoms with van der Waals surface area (Å²) in [4.78, 5) is 42.4. The molecule has 2 saturated heterocycles. The molecule has 2 aliphatic heterocycles. The van der Waals surface area contributed by atoms with Gasteiger partial charge in [-0.25, -0.2) is 0 Å². The number of benzene rings is 1. The van der Waals surface area contributed by atoms with Gasteiger partial charge in [-0.1, -0.05) is 25.1 Å². The summed E-state index contributed by atoms with van der Waals surface area (Å²) < 4.78 is 1.80. The van der Waals surface area contributed by atoms with Crippen LogP contribution in [-0.4, -0.2) is 70.7 Å². The molecule has 2 aliphatic rings. The van der Waals surface area contributed by atoms with Crippen molar-refractivity contribution in [3.63, 3.8) is 0 Å². The Hall–Kier alpha value is -2.67. The van der Waals surface area contributed by atoms with Crippen molar-refractivity contribution < 1.29 is 14.4 Å². The highest BCUT2D eigenvalue weighted by atomic mass is 16.2. The SMILES string of the molecule is CCN1CCCC1CNC(=O)C(=O)c1cn(CC(=O)N2CCCC2)c2ccccc12. The average molecular weight is 411 g/mol. The predicted octanol–water partition coefficient (Wildman–Crippen LogP) is 2.05. The number of ketones is 1. The molecule has 2 fully saturated rings. The van der Waals surface area contributed by atoms with E-state index in [1.165, 1.54) is 0 Å². The lowest BCUT2D eigenvalue weighted by Gasteiger charge is -2.22. The van der Waals surface area contributed by atoms with Gasteiger partial charge >= 0.3 is 0 Å². The predicted molar refractivity (Wildman–Crippen MR) is 115 cm³/mol. The minimum atomic E-state index is -0.577. The molecular weight excluding hydrogens is 380 g/mol. The summed E-state index contributed by atoms with van der Waals surface area (Å²) in [5.41, 5.74) is 1.16. The topological polar surface area (TPSA) is 74.6 Å². The number of hydrogen-bond donors (Lipinski definition) is 1. The summed E-state index contributed by atoms with van der Waals surface area (Å²) in [6.07, 6.45) is 5.91. The molecule has 1 unspecified atom stereocenters. The van der Waals surface area contributed by atoms with Crippen molar-refractivity contribution in [2.24, 2.45) is 0 Å². The number of hydrogen-bond acceptors (Lipinski definition) is 4. The van der Waals surface area contributed by atoms with E-state index in [1.54, 1.807) is 10.8 Å². The third kappa shape index (κ3) is 4.12. The lowest BCUT2D eigenvalue weighted by atomic mass is 10.1. The van der Waals surface area contributed by atoms with Crippen LogP contribution >= 0.6 is 0 Å². The van der Waals surface area contributed by atoms with Crippen LogP contribution in [0.25, 0.3) is 10.9 Å². The molecule has 3 heterocycles. The maximum atomic E-state index is 12.9. The van der Waals surface area contributed by atoms with Crippen molar-refractivity contribution in [2.45, 2.75) is 45.2 Å². The van der Waals surface area contributed by atoms with Crippen molar-refractivity contribution in [3.05, 3.63) is 36.0 Å². The van der Waals surface area contributed by atoms with Gasteiger partial charge in [-0.05, 0) is 44.8 Å². The van der Waals surface area contributed by atoms with Crippen LogP contribution in [0.15, 0.2) is 30.5 Å². The smallest absolute Gasteiger partial charge is 0.292 e.